The number of rotatable bonds is 6. The molecule has 3 aromatic carbocycles. The lowest BCUT2D eigenvalue weighted by Gasteiger charge is -2.12. The number of nitrogens with zero attached hydrogens (tertiary/aromatic N) is 3. The molecule has 5 nitrogen and oxygen atoms in total. The third kappa shape index (κ3) is 4.29. The van der Waals surface area contributed by atoms with Gasteiger partial charge in [0.2, 0.25) is 0 Å². The highest BCUT2D eigenvalue weighted by Gasteiger charge is 2.13. The van der Waals surface area contributed by atoms with Gasteiger partial charge in [-0.1, -0.05) is 48.0 Å². The van der Waals surface area contributed by atoms with Gasteiger partial charge in [0.15, 0.2) is 17.3 Å². The van der Waals surface area contributed by atoms with Crippen molar-refractivity contribution in [2.75, 3.05) is 7.11 Å². The van der Waals surface area contributed by atoms with Crippen LogP contribution >= 0.6 is 0 Å². The minimum Gasteiger partial charge on any atom is -0.493 e. The van der Waals surface area contributed by atoms with Gasteiger partial charge in [0.1, 0.15) is 12.7 Å². The van der Waals surface area contributed by atoms with Gasteiger partial charge < -0.3 is 14.0 Å². The molecule has 0 spiro atoms. The van der Waals surface area contributed by atoms with E-state index >= 15 is 0 Å². The van der Waals surface area contributed by atoms with E-state index in [1.165, 1.54) is 5.56 Å². The molecule has 0 saturated heterocycles. The number of benzene rings is 3. The maximum Gasteiger partial charge on any atom is 0.162 e. The Balaban J connectivity index is 1.65. The first-order valence-electron chi connectivity index (χ1n) is 9.99. The van der Waals surface area contributed by atoms with Gasteiger partial charge >= 0.3 is 0 Å². The lowest BCUT2D eigenvalue weighted by molar-refractivity contribution is 0.284. The van der Waals surface area contributed by atoms with Gasteiger partial charge in [-0.25, -0.2) is 4.98 Å². The predicted octanol–water partition coefficient (Wildman–Crippen LogP) is 5.53. The van der Waals surface area contributed by atoms with E-state index in [0.717, 1.165) is 22.2 Å². The zero-order valence-corrected chi connectivity index (χ0v) is 17.8. The topological polar surface area (TPSA) is 60.1 Å². The summed E-state index contributed by atoms with van der Waals surface area (Å²) in [4.78, 5) is 4.64. The van der Waals surface area contributed by atoms with Crippen molar-refractivity contribution in [3.63, 3.8) is 0 Å². The second-order valence-electron chi connectivity index (χ2n) is 7.34. The van der Waals surface area contributed by atoms with Crippen LogP contribution in [0.25, 0.3) is 22.7 Å². The Morgan fingerprint density at radius 3 is 2.55 bits per heavy atom. The number of aryl methyl sites for hydroxylation is 2. The Labute approximate surface area is 181 Å². The predicted molar refractivity (Wildman–Crippen MR) is 123 cm³/mol. The first-order chi connectivity index (χ1) is 15.1. The van der Waals surface area contributed by atoms with Crippen molar-refractivity contribution in [1.82, 2.24) is 9.55 Å². The molecule has 0 aliphatic heterocycles. The summed E-state index contributed by atoms with van der Waals surface area (Å²) < 4.78 is 13.4. The van der Waals surface area contributed by atoms with E-state index in [1.807, 2.05) is 72.3 Å². The number of fused-ring (bicyclic) bond motifs is 1. The summed E-state index contributed by atoms with van der Waals surface area (Å²) in [5.74, 6) is 1.89. The van der Waals surface area contributed by atoms with Crippen LogP contribution in [0.1, 0.15) is 22.5 Å². The molecule has 1 heterocycles. The third-order valence-corrected chi connectivity index (χ3v) is 5.16. The van der Waals surface area contributed by atoms with Crippen molar-refractivity contribution >= 4 is 22.7 Å². The molecule has 0 aliphatic carbocycles. The van der Waals surface area contributed by atoms with Gasteiger partial charge in [-0.2, -0.15) is 5.26 Å². The van der Waals surface area contributed by atoms with Crippen LogP contribution < -0.4 is 9.47 Å². The molecular weight excluding hydrogens is 386 g/mol. The molecule has 0 aliphatic rings. The van der Waals surface area contributed by atoms with E-state index in [-0.39, 0.29) is 0 Å². The van der Waals surface area contributed by atoms with Gasteiger partial charge in [0.05, 0.1) is 23.7 Å². The molecule has 0 fully saturated rings. The number of nitriles is 1. The van der Waals surface area contributed by atoms with Gasteiger partial charge in [-0.05, 0) is 48.4 Å². The van der Waals surface area contributed by atoms with Gasteiger partial charge in [-0.3, -0.25) is 0 Å². The number of hydrogen-bond acceptors (Lipinski definition) is 4. The van der Waals surface area contributed by atoms with Gasteiger partial charge in [0.25, 0.3) is 0 Å². The van der Waals surface area contributed by atoms with Crippen molar-refractivity contribution in [3.8, 4) is 17.6 Å². The molecule has 0 amide bonds. The van der Waals surface area contributed by atoms with Crippen molar-refractivity contribution in [2.24, 2.45) is 7.05 Å². The normalized spacial score (nSPS) is 11.4. The molecule has 0 N–H and O–H groups in total. The van der Waals surface area contributed by atoms with E-state index in [4.69, 9.17) is 9.47 Å². The first kappa shape index (κ1) is 20.2. The summed E-state index contributed by atoms with van der Waals surface area (Å²) in [6, 6.07) is 24.0. The molecule has 0 saturated carbocycles. The van der Waals surface area contributed by atoms with E-state index in [9.17, 15) is 5.26 Å². The SMILES string of the molecule is COc1ccc(/C=C(/C#N)c2nc3ccccc3n2C)cc1OCc1ccc(C)cc1. The highest BCUT2D eigenvalue weighted by Crippen LogP contribution is 2.31. The number of hydrogen-bond donors (Lipinski definition) is 0. The number of methoxy groups -OCH3 is 1. The number of allylic oxidation sites excluding steroid dienone is 1. The molecular formula is C26H23N3O2. The molecule has 0 radical (unpaired) electrons. The van der Waals surface area contributed by atoms with Crippen LogP contribution in [0.4, 0.5) is 0 Å². The van der Waals surface area contributed by atoms with Crippen LogP contribution in [0.2, 0.25) is 0 Å². The number of imidazole rings is 1. The molecule has 0 unspecified atom stereocenters. The smallest absolute Gasteiger partial charge is 0.162 e. The molecule has 4 rings (SSSR count). The van der Waals surface area contributed by atoms with Crippen LogP contribution in [0.3, 0.4) is 0 Å². The fourth-order valence-corrected chi connectivity index (χ4v) is 3.44. The monoisotopic (exact) mass is 409 g/mol. The third-order valence-electron chi connectivity index (χ3n) is 5.16. The first-order valence-corrected chi connectivity index (χ1v) is 9.99. The van der Waals surface area contributed by atoms with E-state index in [2.05, 4.69) is 30.1 Å². The average Bonchev–Trinajstić information content (AvgIpc) is 3.13. The average molecular weight is 409 g/mol. The number of para-hydroxylation sites is 2. The van der Waals surface area contributed by atoms with Crippen LogP contribution in [0.15, 0.2) is 66.7 Å². The number of ether oxygens (including phenoxy) is 2. The quantitative estimate of drug-likeness (QED) is 0.393. The Bertz CT molecular complexity index is 1290. The summed E-state index contributed by atoms with van der Waals surface area (Å²) in [6.45, 7) is 2.49. The Morgan fingerprint density at radius 2 is 1.84 bits per heavy atom. The van der Waals surface area contributed by atoms with Gasteiger partial charge in [-0.15, -0.1) is 0 Å². The molecule has 5 heteroatoms. The minimum absolute atomic E-state index is 0.430. The molecule has 1 aromatic heterocycles. The Hall–Kier alpha value is -4.04. The lowest BCUT2D eigenvalue weighted by atomic mass is 10.1. The highest BCUT2D eigenvalue weighted by atomic mass is 16.5. The zero-order valence-electron chi connectivity index (χ0n) is 17.8. The second kappa shape index (κ2) is 8.76. The maximum atomic E-state index is 9.81. The molecule has 31 heavy (non-hydrogen) atoms. The van der Waals surface area contributed by atoms with Gasteiger partial charge in [0, 0.05) is 7.05 Å². The summed E-state index contributed by atoms with van der Waals surface area (Å²) >= 11 is 0. The Kier molecular flexibility index (Phi) is 5.72. The minimum atomic E-state index is 0.430. The van der Waals surface area contributed by atoms with Crippen LogP contribution in [-0.2, 0) is 13.7 Å². The number of aromatic nitrogens is 2. The molecule has 0 bridgehead atoms. The summed E-state index contributed by atoms with van der Waals surface area (Å²) in [5, 5.41) is 9.81. The Morgan fingerprint density at radius 1 is 1.06 bits per heavy atom. The fourth-order valence-electron chi connectivity index (χ4n) is 3.44. The summed E-state index contributed by atoms with van der Waals surface area (Å²) in [6.07, 6.45) is 1.82. The lowest BCUT2D eigenvalue weighted by Crippen LogP contribution is -1.99. The van der Waals surface area contributed by atoms with Crippen molar-refractivity contribution in [1.29, 1.82) is 5.26 Å². The largest absolute Gasteiger partial charge is 0.493 e. The fraction of sp³-hybridized carbons (Fsp3) is 0.154. The zero-order chi connectivity index (χ0) is 21.8. The van der Waals surface area contributed by atoms with Crippen LogP contribution in [-0.4, -0.2) is 16.7 Å². The summed E-state index contributed by atoms with van der Waals surface area (Å²) in [5.41, 5.74) is 5.44. The highest BCUT2D eigenvalue weighted by molar-refractivity contribution is 5.91. The van der Waals surface area contributed by atoms with Crippen molar-refractivity contribution < 1.29 is 9.47 Å². The second-order valence-corrected chi connectivity index (χ2v) is 7.34. The molecule has 0 atom stereocenters. The summed E-state index contributed by atoms with van der Waals surface area (Å²) in [7, 11) is 3.53. The van der Waals surface area contributed by atoms with E-state index < -0.39 is 0 Å². The van der Waals surface area contributed by atoms with Crippen molar-refractivity contribution in [2.45, 2.75) is 13.5 Å². The molecule has 154 valence electrons. The van der Waals surface area contributed by atoms with Crippen molar-refractivity contribution in [3.05, 3.63) is 89.2 Å². The maximum absolute atomic E-state index is 9.81. The van der Waals surface area contributed by atoms with E-state index in [1.54, 1.807) is 7.11 Å². The van der Waals surface area contributed by atoms with E-state index in [0.29, 0.717) is 29.5 Å². The molecule has 4 aromatic rings. The van der Waals surface area contributed by atoms with Crippen LogP contribution in [0.5, 0.6) is 11.5 Å². The standard InChI is InChI=1S/C26H23N3O2/c1-18-8-10-19(11-9-18)17-31-25-15-20(12-13-24(25)30-3)14-21(16-27)26-28-22-6-4-5-7-23(22)29(26)2/h4-15H,17H2,1-3H3/b21-14-. The van der Waals surface area contributed by atoms with Crippen LogP contribution in [0, 0.1) is 18.3 Å².